The number of rotatable bonds is 7. The van der Waals surface area contributed by atoms with E-state index in [-0.39, 0.29) is 17.7 Å². The van der Waals surface area contributed by atoms with E-state index in [9.17, 15) is 9.59 Å². The lowest BCUT2D eigenvalue weighted by Crippen LogP contribution is -2.34. The molecule has 1 heterocycles. The van der Waals surface area contributed by atoms with Gasteiger partial charge in [0.15, 0.2) is 0 Å². The van der Waals surface area contributed by atoms with Gasteiger partial charge in [0.1, 0.15) is 11.9 Å². The van der Waals surface area contributed by atoms with Crippen molar-refractivity contribution in [1.82, 2.24) is 10.6 Å². The van der Waals surface area contributed by atoms with Crippen molar-refractivity contribution in [2.24, 2.45) is 0 Å². The fourth-order valence-corrected chi connectivity index (χ4v) is 2.89. The zero-order chi connectivity index (χ0) is 19.9. The SMILES string of the molecule is Cc1ccc(CNC(=O)NCc2ccc(C(=O)O)cc2)c(OC2CCOC2)c1. The number of hydrogen-bond donors (Lipinski definition) is 3. The van der Waals surface area contributed by atoms with Crippen molar-refractivity contribution in [3.63, 3.8) is 0 Å². The predicted octanol–water partition coefficient (Wildman–Crippen LogP) is 2.86. The summed E-state index contributed by atoms with van der Waals surface area (Å²) in [4.78, 5) is 23.0. The van der Waals surface area contributed by atoms with Crippen molar-refractivity contribution in [2.45, 2.75) is 32.5 Å². The van der Waals surface area contributed by atoms with Gasteiger partial charge in [-0.2, -0.15) is 0 Å². The number of aryl methyl sites for hydroxylation is 1. The van der Waals surface area contributed by atoms with Crippen LogP contribution in [0.25, 0.3) is 0 Å². The zero-order valence-electron chi connectivity index (χ0n) is 15.7. The van der Waals surface area contributed by atoms with Crippen LogP contribution in [0.5, 0.6) is 5.75 Å². The Morgan fingerprint density at radius 2 is 1.89 bits per heavy atom. The van der Waals surface area contributed by atoms with Gasteiger partial charge in [0.05, 0.1) is 18.8 Å². The third kappa shape index (κ3) is 5.47. The van der Waals surface area contributed by atoms with Crippen LogP contribution in [-0.4, -0.2) is 36.4 Å². The summed E-state index contributed by atoms with van der Waals surface area (Å²) < 4.78 is 11.4. The molecule has 2 aromatic rings. The molecule has 3 rings (SSSR count). The van der Waals surface area contributed by atoms with Gasteiger partial charge in [0.2, 0.25) is 0 Å². The maximum absolute atomic E-state index is 12.1. The van der Waals surface area contributed by atoms with E-state index in [1.54, 1.807) is 12.1 Å². The highest BCUT2D eigenvalue weighted by atomic mass is 16.5. The van der Waals surface area contributed by atoms with Gasteiger partial charge >= 0.3 is 12.0 Å². The van der Waals surface area contributed by atoms with Crippen LogP contribution in [-0.2, 0) is 17.8 Å². The molecule has 1 saturated heterocycles. The van der Waals surface area contributed by atoms with Gasteiger partial charge < -0.3 is 25.2 Å². The van der Waals surface area contributed by atoms with Crippen LogP contribution in [0.2, 0.25) is 0 Å². The van der Waals surface area contributed by atoms with Crippen LogP contribution in [0, 0.1) is 6.92 Å². The molecule has 0 aliphatic carbocycles. The zero-order valence-corrected chi connectivity index (χ0v) is 15.7. The summed E-state index contributed by atoms with van der Waals surface area (Å²) in [6, 6.07) is 12.0. The highest BCUT2D eigenvalue weighted by molar-refractivity contribution is 5.87. The molecule has 0 radical (unpaired) electrons. The van der Waals surface area contributed by atoms with Crippen molar-refractivity contribution < 1.29 is 24.2 Å². The van der Waals surface area contributed by atoms with Crippen LogP contribution < -0.4 is 15.4 Å². The molecule has 2 aromatic carbocycles. The monoisotopic (exact) mass is 384 g/mol. The summed E-state index contributed by atoms with van der Waals surface area (Å²) in [5, 5.41) is 14.5. The number of ether oxygens (including phenoxy) is 2. The van der Waals surface area contributed by atoms with Crippen molar-refractivity contribution in [3.8, 4) is 5.75 Å². The Kier molecular flexibility index (Phi) is 6.49. The Labute approximate surface area is 163 Å². The summed E-state index contributed by atoms with van der Waals surface area (Å²) in [6.07, 6.45) is 0.908. The molecule has 1 aliphatic rings. The number of aromatic carboxylic acids is 1. The molecule has 2 amide bonds. The summed E-state index contributed by atoms with van der Waals surface area (Å²) in [7, 11) is 0. The fraction of sp³-hybridized carbons (Fsp3) is 0.333. The summed E-state index contributed by atoms with van der Waals surface area (Å²) in [6.45, 7) is 3.94. The quantitative estimate of drug-likeness (QED) is 0.682. The molecule has 0 bridgehead atoms. The summed E-state index contributed by atoms with van der Waals surface area (Å²) in [5.74, 6) is -0.211. The number of carboxylic acid groups (broad SMARTS) is 1. The van der Waals surface area contributed by atoms with Gasteiger partial charge in [-0.05, 0) is 36.2 Å². The molecule has 0 spiro atoms. The Morgan fingerprint density at radius 1 is 1.14 bits per heavy atom. The standard InChI is InChI=1S/C21H24N2O5/c1-14-2-5-17(19(10-14)28-18-8-9-27-13-18)12-23-21(26)22-11-15-3-6-16(7-4-15)20(24)25/h2-7,10,18H,8-9,11-13H2,1H3,(H,24,25)(H2,22,23,26). The van der Waals surface area contributed by atoms with Gasteiger partial charge in [0.25, 0.3) is 0 Å². The molecule has 7 nitrogen and oxygen atoms in total. The van der Waals surface area contributed by atoms with E-state index in [1.165, 1.54) is 12.1 Å². The Bertz CT molecular complexity index is 829. The van der Waals surface area contributed by atoms with E-state index in [0.29, 0.717) is 26.3 Å². The molecule has 7 heteroatoms. The van der Waals surface area contributed by atoms with Gasteiger partial charge in [-0.15, -0.1) is 0 Å². The number of urea groups is 1. The van der Waals surface area contributed by atoms with Crippen molar-refractivity contribution in [2.75, 3.05) is 13.2 Å². The van der Waals surface area contributed by atoms with Gasteiger partial charge in [-0.3, -0.25) is 0 Å². The van der Waals surface area contributed by atoms with E-state index in [1.807, 2.05) is 25.1 Å². The van der Waals surface area contributed by atoms with E-state index < -0.39 is 5.97 Å². The third-order valence-corrected chi connectivity index (χ3v) is 4.50. The number of carboxylic acids is 1. The van der Waals surface area contributed by atoms with E-state index in [4.69, 9.17) is 14.6 Å². The summed E-state index contributed by atoms with van der Waals surface area (Å²) in [5.41, 5.74) is 3.03. The molecule has 1 atom stereocenters. The molecule has 1 fully saturated rings. The van der Waals surface area contributed by atoms with E-state index in [0.717, 1.165) is 28.9 Å². The minimum atomic E-state index is -0.975. The smallest absolute Gasteiger partial charge is 0.335 e. The molecule has 148 valence electrons. The number of carbonyl (C=O) groups is 2. The molecule has 28 heavy (non-hydrogen) atoms. The minimum absolute atomic E-state index is 0.0446. The van der Waals surface area contributed by atoms with Crippen molar-refractivity contribution in [3.05, 3.63) is 64.7 Å². The minimum Gasteiger partial charge on any atom is -0.488 e. The van der Waals surface area contributed by atoms with Crippen LogP contribution in [0.1, 0.15) is 33.5 Å². The van der Waals surface area contributed by atoms with Crippen molar-refractivity contribution in [1.29, 1.82) is 0 Å². The highest BCUT2D eigenvalue weighted by Crippen LogP contribution is 2.23. The Hall–Kier alpha value is -3.06. The lowest BCUT2D eigenvalue weighted by atomic mass is 10.1. The van der Waals surface area contributed by atoms with Crippen LogP contribution in [0.15, 0.2) is 42.5 Å². The van der Waals surface area contributed by atoms with Crippen molar-refractivity contribution >= 4 is 12.0 Å². The number of nitrogens with one attached hydrogen (secondary N) is 2. The van der Waals surface area contributed by atoms with E-state index >= 15 is 0 Å². The predicted molar refractivity (Wildman–Crippen MR) is 104 cm³/mol. The number of carbonyl (C=O) groups excluding carboxylic acids is 1. The first kappa shape index (κ1) is 19.7. The van der Waals surface area contributed by atoms with E-state index in [2.05, 4.69) is 10.6 Å². The summed E-state index contributed by atoms with van der Waals surface area (Å²) >= 11 is 0. The first-order chi connectivity index (χ1) is 13.5. The second-order valence-electron chi connectivity index (χ2n) is 6.75. The fourth-order valence-electron chi connectivity index (χ4n) is 2.89. The molecule has 0 aromatic heterocycles. The number of hydrogen-bond acceptors (Lipinski definition) is 4. The van der Waals surface area contributed by atoms with Crippen LogP contribution in [0.3, 0.4) is 0 Å². The Balaban J connectivity index is 1.51. The largest absolute Gasteiger partial charge is 0.488 e. The molecule has 1 unspecified atom stereocenters. The van der Waals surface area contributed by atoms with Gasteiger partial charge in [-0.1, -0.05) is 24.3 Å². The lowest BCUT2D eigenvalue weighted by Gasteiger charge is -2.17. The second-order valence-corrected chi connectivity index (χ2v) is 6.75. The second kappa shape index (κ2) is 9.23. The number of amides is 2. The lowest BCUT2D eigenvalue weighted by molar-refractivity contribution is 0.0697. The maximum atomic E-state index is 12.1. The van der Waals surface area contributed by atoms with Gasteiger partial charge in [0, 0.05) is 25.1 Å². The molecular weight excluding hydrogens is 360 g/mol. The maximum Gasteiger partial charge on any atom is 0.335 e. The molecule has 1 aliphatic heterocycles. The normalized spacial score (nSPS) is 15.8. The first-order valence-electron chi connectivity index (χ1n) is 9.19. The molecule has 0 saturated carbocycles. The highest BCUT2D eigenvalue weighted by Gasteiger charge is 2.19. The first-order valence-corrected chi connectivity index (χ1v) is 9.19. The van der Waals surface area contributed by atoms with Crippen LogP contribution >= 0.6 is 0 Å². The molecular formula is C21H24N2O5. The van der Waals surface area contributed by atoms with Crippen LogP contribution in [0.4, 0.5) is 4.79 Å². The molecule has 3 N–H and O–H groups in total. The average Bonchev–Trinajstić information content (AvgIpc) is 3.19. The third-order valence-electron chi connectivity index (χ3n) is 4.50. The topological polar surface area (TPSA) is 96.9 Å². The van der Waals surface area contributed by atoms with Gasteiger partial charge in [-0.25, -0.2) is 9.59 Å². The number of benzene rings is 2. The Morgan fingerprint density at radius 3 is 2.57 bits per heavy atom. The average molecular weight is 384 g/mol.